The summed E-state index contributed by atoms with van der Waals surface area (Å²) in [7, 11) is 1.45. The Bertz CT molecular complexity index is 1190. The molecular formula is C23H24N4O5. The van der Waals surface area contributed by atoms with Crippen LogP contribution in [0.2, 0.25) is 0 Å². The number of hydrogen-bond acceptors (Lipinski definition) is 6. The summed E-state index contributed by atoms with van der Waals surface area (Å²) in [5, 5.41) is 3.17. The highest BCUT2D eigenvalue weighted by Crippen LogP contribution is 2.09. The summed E-state index contributed by atoms with van der Waals surface area (Å²) in [6.45, 7) is 1.29. The predicted octanol–water partition coefficient (Wildman–Crippen LogP) is 1.80. The molecule has 3 aromatic rings. The van der Waals surface area contributed by atoms with Gasteiger partial charge in [-0.05, 0) is 31.2 Å². The van der Waals surface area contributed by atoms with Gasteiger partial charge in [-0.2, -0.15) is 0 Å². The van der Waals surface area contributed by atoms with Gasteiger partial charge in [-0.3, -0.25) is 19.2 Å². The number of fused-ring (bicyclic) bond motifs is 1. The monoisotopic (exact) mass is 436 g/mol. The van der Waals surface area contributed by atoms with Gasteiger partial charge >= 0.3 is 5.97 Å². The molecule has 0 aliphatic carbocycles. The standard InChI is InChI=1S/C23H24N4O5/c1-15-7-9-16(10-8-15)24-20(28)13-27(2)21(29)14-32-22(30)12-11-19-25-18-6-4-3-5-17(18)23(31)26-19/h3-10H,11-14H2,1-2H3,(H,24,28)(H,25,26,31). The predicted molar refractivity (Wildman–Crippen MR) is 119 cm³/mol. The van der Waals surface area contributed by atoms with Crippen LogP contribution in [0.15, 0.2) is 53.3 Å². The molecule has 0 unspecified atom stereocenters. The molecular weight excluding hydrogens is 412 g/mol. The van der Waals surface area contributed by atoms with Crippen LogP contribution in [-0.2, 0) is 25.5 Å². The van der Waals surface area contributed by atoms with Crippen LogP contribution in [0.25, 0.3) is 10.9 Å². The van der Waals surface area contributed by atoms with Crippen molar-refractivity contribution in [2.24, 2.45) is 0 Å². The van der Waals surface area contributed by atoms with Crippen LogP contribution < -0.4 is 10.9 Å². The summed E-state index contributed by atoms with van der Waals surface area (Å²) in [4.78, 5) is 56.4. The van der Waals surface area contributed by atoms with E-state index in [9.17, 15) is 19.2 Å². The lowest BCUT2D eigenvalue weighted by molar-refractivity contribution is -0.151. The van der Waals surface area contributed by atoms with Gasteiger partial charge < -0.3 is 19.9 Å². The van der Waals surface area contributed by atoms with Crippen molar-refractivity contribution in [2.75, 3.05) is 25.5 Å². The number of carbonyl (C=O) groups is 3. The van der Waals surface area contributed by atoms with E-state index in [2.05, 4.69) is 15.3 Å². The smallest absolute Gasteiger partial charge is 0.306 e. The molecule has 0 atom stereocenters. The van der Waals surface area contributed by atoms with Gasteiger partial charge in [0.2, 0.25) is 5.91 Å². The van der Waals surface area contributed by atoms with Crippen LogP contribution in [-0.4, -0.2) is 52.9 Å². The second kappa shape index (κ2) is 10.3. The van der Waals surface area contributed by atoms with Gasteiger partial charge in [0.25, 0.3) is 11.5 Å². The Balaban J connectivity index is 1.43. The summed E-state index contributed by atoms with van der Waals surface area (Å²) < 4.78 is 5.00. The van der Waals surface area contributed by atoms with Crippen molar-refractivity contribution in [1.29, 1.82) is 0 Å². The number of aromatic amines is 1. The minimum atomic E-state index is -0.605. The average molecular weight is 436 g/mol. The molecule has 32 heavy (non-hydrogen) atoms. The number of para-hydroxylation sites is 1. The molecule has 2 aromatic carbocycles. The van der Waals surface area contributed by atoms with Crippen molar-refractivity contribution >= 4 is 34.4 Å². The summed E-state index contributed by atoms with van der Waals surface area (Å²) in [5.41, 5.74) is 1.97. The first-order valence-corrected chi connectivity index (χ1v) is 10.1. The Morgan fingerprint density at radius 2 is 1.81 bits per heavy atom. The maximum Gasteiger partial charge on any atom is 0.306 e. The van der Waals surface area contributed by atoms with Crippen LogP contribution in [0.4, 0.5) is 5.69 Å². The first kappa shape index (κ1) is 22.7. The van der Waals surface area contributed by atoms with Gasteiger partial charge in [0.1, 0.15) is 5.82 Å². The van der Waals surface area contributed by atoms with Crippen molar-refractivity contribution in [3.05, 3.63) is 70.3 Å². The molecule has 1 heterocycles. The minimum absolute atomic E-state index is 0.0494. The highest BCUT2D eigenvalue weighted by molar-refractivity contribution is 5.94. The average Bonchev–Trinajstić information content (AvgIpc) is 2.77. The number of rotatable bonds is 8. The van der Waals surface area contributed by atoms with E-state index in [4.69, 9.17) is 4.74 Å². The first-order chi connectivity index (χ1) is 15.3. The van der Waals surface area contributed by atoms with E-state index in [0.29, 0.717) is 22.4 Å². The zero-order chi connectivity index (χ0) is 23.1. The van der Waals surface area contributed by atoms with Gasteiger partial charge in [-0.1, -0.05) is 29.8 Å². The number of aryl methyl sites for hydroxylation is 2. The number of nitrogens with one attached hydrogen (secondary N) is 2. The van der Waals surface area contributed by atoms with E-state index >= 15 is 0 Å². The van der Waals surface area contributed by atoms with Crippen LogP contribution in [0.1, 0.15) is 17.8 Å². The van der Waals surface area contributed by atoms with Crippen LogP contribution in [0.5, 0.6) is 0 Å². The van der Waals surface area contributed by atoms with Gasteiger partial charge in [0.05, 0.1) is 23.9 Å². The van der Waals surface area contributed by atoms with Crippen molar-refractivity contribution < 1.29 is 19.1 Å². The highest BCUT2D eigenvalue weighted by Gasteiger charge is 2.16. The van der Waals surface area contributed by atoms with Crippen molar-refractivity contribution in [1.82, 2.24) is 14.9 Å². The van der Waals surface area contributed by atoms with E-state index in [0.717, 1.165) is 5.56 Å². The fourth-order valence-electron chi connectivity index (χ4n) is 2.94. The number of esters is 1. The van der Waals surface area contributed by atoms with Gasteiger partial charge in [0, 0.05) is 19.2 Å². The van der Waals surface area contributed by atoms with E-state index in [1.165, 1.54) is 11.9 Å². The first-order valence-electron chi connectivity index (χ1n) is 10.1. The molecule has 0 spiro atoms. The molecule has 0 radical (unpaired) electrons. The van der Waals surface area contributed by atoms with Gasteiger partial charge in [0.15, 0.2) is 6.61 Å². The number of hydrogen-bond donors (Lipinski definition) is 2. The zero-order valence-electron chi connectivity index (χ0n) is 17.9. The van der Waals surface area contributed by atoms with Crippen molar-refractivity contribution in [3.63, 3.8) is 0 Å². The normalized spacial score (nSPS) is 10.6. The molecule has 0 bridgehead atoms. The largest absolute Gasteiger partial charge is 0.456 e. The summed E-state index contributed by atoms with van der Waals surface area (Å²) in [5.74, 6) is -1.11. The van der Waals surface area contributed by atoms with Gasteiger partial charge in [-0.15, -0.1) is 0 Å². The summed E-state index contributed by atoms with van der Waals surface area (Å²) >= 11 is 0. The van der Waals surface area contributed by atoms with Crippen molar-refractivity contribution in [3.8, 4) is 0 Å². The van der Waals surface area contributed by atoms with Crippen LogP contribution in [0, 0.1) is 6.92 Å². The third-order valence-corrected chi connectivity index (χ3v) is 4.73. The molecule has 0 saturated heterocycles. The van der Waals surface area contributed by atoms with Gasteiger partial charge in [-0.25, -0.2) is 4.98 Å². The summed E-state index contributed by atoms with van der Waals surface area (Å²) in [6.07, 6.45) is 0.119. The SMILES string of the molecule is Cc1ccc(NC(=O)CN(C)C(=O)COC(=O)CCc2nc3ccccc3c(=O)[nH]2)cc1. The second-order valence-corrected chi connectivity index (χ2v) is 7.35. The second-order valence-electron chi connectivity index (χ2n) is 7.35. The molecule has 2 amide bonds. The Labute approximate surface area is 184 Å². The number of benzene rings is 2. The summed E-state index contributed by atoms with van der Waals surface area (Å²) in [6, 6.07) is 14.2. The van der Waals surface area contributed by atoms with Crippen LogP contribution >= 0.6 is 0 Å². The maximum atomic E-state index is 12.2. The number of anilines is 1. The lowest BCUT2D eigenvalue weighted by atomic mass is 10.2. The Morgan fingerprint density at radius 1 is 1.09 bits per heavy atom. The topological polar surface area (TPSA) is 121 Å². The molecule has 0 saturated carbocycles. The molecule has 9 nitrogen and oxygen atoms in total. The fraction of sp³-hybridized carbons (Fsp3) is 0.261. The van der Waals surface area contributed by atoms with E-state index in [-0.39, 0.29) is 30.9 Å². The molecule has 0 aliphatic heterocycles. The third kappa shape index (κ3) is 6.24. The van der Waals surface area contributed by atoms with E-state index < -0.39 is 18.5 Å². The number of aromatic nitrogens is 2. The fourth-order valence-corrected chi connectivity index (χ4v) is 2.94. The number of carbonyl (C=O) groups excluding carboxylic acids is 3. The zero-order valence-corrected chi connectivity index (χ0v) is 17.9. The molecule has 9 heteroatoms. The molecule has 2 N–H and O–H groups in total. The van der Waals surface area contributed by atoms with E-state index in [1.54, 1.807) is 36.4 Å². The molecule has 0 fully saturated rings. The molecule has 166 valence electrons. The number of H-pyrrole nitrogens is 1. The third-order valence-electron chi connectivity index (χ3n) is 4.73. The lowest BCUT2D eigenvalue weighted by Crippen LogP contribution is -2.37. The maximum absolute atomic E-state index is 12.2. The van der Waals surface area contributed by atoms with Crippen LogP contribution in [0.3, 0.4) is 0 Å². The molecule has 0 aliphatic rings. The highest BCUT2D eigenvalue weighted by atomic mass is 16.5. The Morgan fingerprint density at radius 3 is 2.56 bits per heavy atom. The van der Waals surface area contributed by atoms with Crippen molar-refractivity contribution in [2.45, 2.75) is 19.8 Å². The lowest BCUT2D eigenvalue weighted by Gasteiger charge is -2.16. The van der Waals surface area contributed by atoms with E-state index in [1.807, 2.05) is 19.1 Å². The number of amides is 2. The minimum Gasteiger partial charge on any atom is -0.456 e. The number of likely N-dealkylation sites (N-methyl/N-ethyl adjacent to an activating group) is 1. The Kier molecular flexibility index (Phi) is 7.33. The number of nitrogens with zero attached hydrogens (tertiary/aromatic N) is 2. The Hall–Kier alpha value is -4.01. The molecule has 1 aromatic heterocycles. The molecule has 3 rings (SSSR count). The number of ether oxygens (including phenoxy) is 1. The quantitative estimate of drug-likeness (QED) is 0.520.